The van der Waals surface area contributed by atoms with Gasteiger partial charge in [0.2, 0.25) is 6.10 Å². The minimum atomic E-state index is -0.663. The summed E-state index contributed by atoms with van der Waals surface area (Å²) in [5, 5.41) is 6.80. The van der Waals surface area contributed by atoms with Gasteiger partial charge in [-0.2, -0.15) is 0 Å². The number of ether oxygens (including phenoxy) is 1. The summed E-state index contributed by atoms with van der Waals surface area (Å²) in [6, 6.07) is 5.90. The summed E-state index contributed by atoms with van der Waals surface area (Å²) in [6.07, 6.45) is 1.63. The molecule has 0 radical (unpaired) electrons. The number of methoxy groups -OCH3 is 1. The Bertz CT molecular complexity index is 1070. The van der Waals surface area contributed by atoms with Crippen LogP contribution in [0, 0.1) is 12.7 Å². The molecule has 168 valence electrons. The van der Waals surface area contributed by atoms with Crippen molar-refractivity contribution in [3.05, 3.63) is 52.9 Å². The smallest absolute Gasteiger partial charge is 0.270 e. The number of aromatic nitrogens is 2. The highest BCUT2D eigenvalue weighted by atomic mass is 19.1. The predicted octanol–water partition coefficient (Wildman–Crippen LogP) is 1.98. The van der Waals surface area contributed by atoms with Crippen molar-refractivity contribution in [1.29, 1.82) is 0 Å². The molecular formula is C22H24FN5O4. The van der Waals surface area contributed by atoms with Crippen molar-refractivity contribution in [1.82, 2.24) is 20.2 Å². The number of halogens is 1. The van der Waals surface area contributed by atoms with Gasteiger partial charge in [-0.1, -0.05) is 11.2 Å². The predicted molar refractivity (Wildman–Crippen MR) is 113 cm³/mol. The van der Waals surface area contributed by atoms with Crippen molar-refractivity contribution in [3.63, 3.8) is 0 Å². The molecule has 1 aromatic heterocycles. The van der Waals surface area contributed by atoms with Crippen LogP contribution in [0.4, 0.5) is 4.39 Å². The van der Waals surface area contributed by atoms with E-state index in [-0.39, 0.29) is 23.9 Å². The van der Waals surface area contributed by atoms with Gasteiger partial charge in [0.1, 0.15) is 17.2 Å². The van der Waals surface area contributed by atoms with E-state index in [0.29, 0.717) is 29.2 Å². The van der Waals surface area contributed by atoms with Gasteiger partial charge in [0, 0.05) is 26.1 Å². The molecule has 9 nitrogen and oxygen atoms in total. The first-order chi connectivity index (χ1) is 15.4. The van der Waals surface area contributed by atoms with E-state index in [4.69, 9.17) is 9.57 Å². The van der Waals surface area contributed by atoms with Crippen molar-refractivity contribution in [2.45, 2.75) is 38.8 Å². The average molecular weight is 441 g/mol. The van der Waals surface area contributed by atoms with E-state index in [1.807, 2.05) is 0 Å². The summed E-state index contributed by atoms with van der Waals surface area (Å²) in [4.78, 5) is 40.9. The molecule has 2 aliphatic heterocycles. The van der Waals surface area contributed by atoms with Gasteiger partial charge < -0.3 is 19.8 Å². The van der Waals surface area contributed by atoms with Crippen LogP contribution in [-0.4, -0.2) is 58.7 Å². The maximum atomic E-state index is 13.6. The standard InChI is InChI=1S/C22H24FN5O4/c1-13-25-16(17-11-20(32-27-17)22(30)28-7-3-4-8-28)10-18(26-13)21(29)24-12-14-5-6-15(23)19(9-14)31-2/h5-6,9-10,20H,3-4,7-8,11-12H2,1-2H3,(H,24,29). The normalized spacial score (nSPS) is 17.7. The van der Waals surface area contributed by atoms with Gasteiger partial charge in [-0.25, -0.2) is 14.4 Å². The zero-order chi connectivity index (χ0) is 22.7. The highest BCUT2D eigenvalue weighted by molar-refractivity contribution is 6.04. The Morgan fingerprint density at radius 2 is 2.03 bits per heavy atom. The molecule has 1 atom stereocenters. The number of amides is 2. The third kappa shape index (κ3) is 4.68. The Morgan fingerprint density at radius 1 is 1.25 bits per heavy atom. The van der Waals surface area contributed by atoms with Gasteiger partial charge in [0.15, 0.2) is 11.6 Å². The molecule has 1 N–H and O–H groups in total. The molecule has 10 heteroatoms. The molecule has 1 saturated heterocycles. The van der Waals surface area contributed by atoms with E-state index in [2.05, 4.69) is 20.4 Å². The summed E-state index contributed by atoms with van der Waals surface area (Å²) in [5.74, 6) is -0.453. The molecule has 2 amide bonds. The Labute approximate surface area is 184 Å². The van der Waals surface area contributed by atoms with Gasteiger partial charge in [-0.3, -0.25) is 9.59 Å². The lowest BCUT2D eigenvalue weighted by Gasteiger charge is -2.18. The number of carbonyl (C=O) groups is 2. The molecule has 0 saturated carbocycles. The summed E-state index contributed by atoms with van der Waals surface area (Å²) >= 11 is 0. The van der Waals surface area contributed by atoms with Gasteiger partial charge in [-0.15, -0.1) is 0 Å². The largest absolute Gasteiger partial charge is 0.494 e. The molecule has 0 aliphatic carbocycles. The van der Waals surface area contributed by atoms with Crippen molar-refractivity contribution in [2.24, 2.45) is 5.16 Å². The summed E-state index contributed by atoms with van der Waals surface area (Å²) < 4.78 is 18.5. The summed E-state index contributed by atoms with van der Waals surface area (Å²) in [5.41, 5.74) is 1.80. The van der Waals surface area contributed by atoms with E-state index in [0.717, 1.165) is 25.9 Å². The Hall–Kier alpha value is -3.56. The van der Waals surface area contributed by atoms with Crippen molar-refractivity contribution in [3.8, 4) is 5.75 Å². The maximum Gasteiger partial charge on any atom is 0.270 e. The van der Waals surface area contributed by atoms with Crippen molar-refractivity contribution < 1.29 is 23.6 Å². The van der Waals surface area contributed by atoms with Gasteiger partial charge in [0.05, 0.1) is 12.8 Å². The number of hydrogen-bond donors (Lipinski definition) is 1. The molecule has 2 aliphatic rings. The Balaban J connectivity index is 1.42. The lowest BCUT2D eigenvalue weighted by Crippen LogP contribution is -2.37. The SMILES string of the molecule is COc1cc(CNC(=O)c2cc(C3=NOC(C(=O)N4CCCC4)C3)nc(C)n2)ccc1F. The monoisotopic (exact) mass is 441 g/mol. The first-order valence-corrected chi connectivity index (χ1v) is 10.4. The summed E-state index contributed by atoms with van der Waals surface area (Å²) in [6.45, 7) is 3.33. The fourth-order valence-corrected chi connectivity index (χ4v) is 3.72. The first kappa shape index (κ1) is 21.7. The number of oxime groups is 1. The third-order valence-corrected chi connectivity index (χ3v) is 5.40. The zero-order valence-corrected chi connectivity index (χ0v) is 17.9. The van der Waals surface area contributed by atoms with Crippen molar-refractivity contribution in [2.75, 3.05) is 20.2 Å². The molecule has 32 heavy (non-hydrogen) atoms. The van der Waals surface area contributed by atoms with E-state index in [1.165, 1.54) is 25.3 Å². The third-order valence-electron chi connectivity index (χ3n) is 5.40. The molecule has 2 aromatic rings. The van der Waals surface area contributed by atoms with Crippen LogP contribution in [0.15, 0.2) is 29.4 Å². The molecule has 0 bridgehead atoms. The van der Waals surface area contributed by atoms with Crippen LogP contribution in [0.5, 0.6) is 5.75 Å². The van der Waals surface area contributed by atoms with Crippen LogP contribution in [-0.2, 0) is 16.2 Å². The maximum absolute atomic E-state index is 13.6. The lowest BCUT2D eigenvalue weighted by atomic mass is 10.1. The molecule has 1 fully saturated rings. The van der Waals surface area contributed by atoms with Crippen LogP contribution >= 0.6 is 0 Å². The molecular weight excluding hydrogens is 417 g/mol. The van der Waals surface area contributed by atoms with Crippen LogP contribution in [0.2, 0.25) is 0 Å². The number of carbonyl (C=O) groups excluding carboxylic acids is 2. The highest BCUT2D eigenvalue weighted by Crippen LogP contribution is 2.21. The van der Waals surface area contributed by atoms with Crippen molar-refractivity contribution >= 4 is 17.5 Å². The van der Waals surface area contributed by atoms with Crippen LogP contribution in [0.25, 0.3) is 0 Å². The minimum Gasteiger partial charge on any atom is -0.494 e. The Morgan fingerprint density at radius 3 is 2.78 bits per heavy atom. The van der Waals surface area contributed by atoms with Gasteiger partial charge in [-0.05, 0) is 43.5 Å². The second-order valence-electron chi connectivity index (χ2n) is 7.71. The number of nitrogens with one attached hydrogen (secondary N) is 1. The second-order valence-corrected chi connectivity index (χ2v) is 7.71. The fourth-order valence-electron chi connectivity index (χ4n) is 3.72. The van der Waals surface area contributed by atoms with Crippen LogP contribution < -0.4 is 10.1 Å². The molecule has 1 aromatic carbocycles. The number of likely N-dealkylation sites (tertiary alicyclic amines) is 1. The van der Waals surface area contributed by atoms with Crippen LogP contribution in [0.3, 0.4) is 0 Å². The number of nitrogens with zero attached hydrogens (tertiary/aromatic N) is 4. The molecule has 3 heterocycles. The van der Waals surface area contributed by atoms with Crippen LogP contribution in [0.1, 0.15) is 46.8 Å². The molecule has 0 spiro atoms. The minimum absolute atomic E-state index is 0.0697. The van der Waals surface area contributed by atoms with E-state index in [9.17, 15) is 14.0 Å². The quantitative estimate of drug-likeness (QED) is 0.735. The lowest BCUT2D eigenvalue weighted by molar-refractivity contribution is -0.140. The number of hydrogen-bond acceptors (Lipinski definition) is 7. The number of benzene rings is 1. The molecule has 4 rings (SSSR count). The van der Waals surface area contributed by atoms with Gasteiger partial charge in [0.25, 0.3) is 11.8 Å². The Kier molecular flexibility index (Phi) is 6.29. The highest BCUT2D eigenvalue weighted by Gasteiger charge is 2.34. The van der Waals surface area contributed by atoms with Gasteiger partial charge >= 0.3 is 0 Å². The average Bonchev–Trinajstić information content (AvgIpc) is 3.50. The number of aryl methyl sites for hydroxylation is 1. The molecule has 1 unspecified atom stereocenters. The first-order valence-electron chi connectivity index (χ1n) is 10.4. The topological polar surface area (TPSA) is 106 Å². The van der Waals surface area contributed by atoms with E-state index in [1.54, 1.807) is 17.9 Å². The van der Waals surface area contributed by atoms with E-state index < -0.39 is 17.8 Å². The fraction of sp³-hybridized carbons (Fsp3) is 0.409. The van der Waals surface area contributed by atoms with E-state index >= 15 is 0 Å². The zero-order valence-electron chi connectivity index (χ0n) is 17.9. The second kappa shape index (κ2) is 9.29. The summed E-state index contributed by atoms with van der Waals surface area (Å²) in [7, 11) is 1.38. The number of rotatable bonds is 6.